The predicted molar refractivity (Wildman–Crippen MR) is 62.7 cm³/mol. The Morgan fingerprint density at radius 2 is 2.06 bits per heavy atom. The minimum absolute atomic E-state index is 0.0536. The van der Waals surface area contributed by atoms with E-state index in [-0.39, 0.29) is 11.9 Å². The lowest BCUT2D eigenvalue weighted by Gasteiger charge is -2.26. The van der Waals surface area contributed by atoms with Crippen LogP contribution in [0, 0.1) is 17.2 Å². The molecule has 1 fully saturated rings. The number of nitriles is 1. The average molecular weight is 223 g/mol. The molecular weight excluding hydrogens is 202 g/mol. The zero-order valence-corrected chi connectivity index (χ0v) is 10.2. The van der Waals surface area contributed by atoms with E-state index in [1.54, 1.807) is 0 Å². The molecule has 90 valence electrons. The molecule has 0 bridgehead atoms. The van der Waals surface area contributed by atoms with Gasteiger partial charge in [-0.25, -0.2) is 0 Å². The van der Waals surface area contributed by atoms with Gasteiger partial charge in [0.25, 0.3) is 0 Å². The molecule has 0 radical (unpaired) electrons. The van der Waals surface area contributed by atoms with E-state index in [0.29, 0.717) is 12.5 Å². The van der Waals surface area contributed by atoms with Crippen LogP contribution in [0.5, 0.6) is 0 Å². The summed E-state index contributed by atoms with van der Waals surface area (Å²) in [5.74, 6) is 0.298. The van der Waals surface area contributed by atoms with Crippen molar-refractivity contribution in [1.82, 2.24) is 10.2 Å². The van der Waals surface area contributed by atoms with Gasteiger partial charge in [0.15, 0.2) is 0 Å². The number of rotatable bonds is 4. The summed E-state index contributed by atoms with van der Waals surface area (Å²) in [7, 11) is 3.70. The number of carbonyl (C=O) groups is 1. The summed E-state index contributed by atoms with van der Waals surface area (Å²) in [4.78, 5) is 13.4. The Morgan fingerprint density at radius 3 is 2.56 bits per heavy atom. The number of hydrogen-bond donors (Lipinski definition) is 1. The number of nitrogens with one attached hydrogen (secondary N) is 1. The van der Waals surface area contributed by atoms with Crippen molar-refractivity contribution in [2.45, 2.75) is 38.1 Å². The molecule has 1 aliphatic rings. The van der Waals surface area contributed by atoms with Gasteiger partial charge in [-0.05, 0) is 32.9 Å². The highest BCUT2D eigenvalue weighted by Crippen LogP contribution is 2.26. The number of amides is 1. The second kappa shape index (κ2) is 6.49. The van der Waals surface area contributed by atoms with Gasteiger partial charge in [-0.3, -0.25) is 4.79 Å². The van der Waals surface area contributed by atoms with Gasteiger partial charge in [0, 0.05) is 0 Å². The van der Waals surface area contributed by atoms with Gasteiger partial charge in [-0.1, -0.05) is 19.3 Å². The summed E-state index contributed by atoms with van der Waals surface area (Å²) in [6.45, 7) is 0.352. The first-order valence-corrected chi connectivity index (χ1v) is 5.97. The van der Waals surface area contributed by atoms with Crippen LogP contribution in [0.4, 0.5) is 0 Å². The monoisotopic (exact) mass is 223 g/mol. The van der Waals surface area contributed by atoms with Crippen LogP contribution in [-0.4, -0.2) is 37.5 Å². The van der Waals surface area contributed by atoms with E-state index in [9.17, 15) is 4.79 Å². The van der Waals surface area contributed by atoms with E-state index in [2.05, 4.69) is 11.4 Å². The maximum Gasteiger partial charge on any atom is 0.235 e. The van der Waals surface area contributed by atoms with E-state index in [1.807, 2.05) is 19.0 Å². The first kappa shape index (κ1) is 13.0. The summed E-state index contributed by atoms with van der Waals surface area (Å²) in [6, 6.07) is 1.93. The van der Waals surface area contributed by atoms with Crippen LogP contribution in [0.25, 0.3) is 0 Å². The van der Waals surface area contributed by atoms with Gasteiger partial charge in [-0.15, -0.1) is 0 Å². The second-order valence-electron chi connectivity index (χ2n) is 4.81. The zero-order chi connectivity index (χ0) is 12.0. The van der Waals surface area contributed by atoms with Gasteiger partial charge in [0.2, 0.25) is 5.91 Å². The smallest absolute Gasteiger partial charge is 0.235 e. The summed E-state index contributed by atoms with van der Waals surface area (Å²) >= 11 is 0. The molecule has 1 atom stereocenters. The largest absolute Gasteiger partial charge is 0.339 e. The van der Waals surface area contributed by atoms with Crippen LogP contribution < -0.4 is 5.32 Å². The molecule has 0 aromatic carbocycles. The fourth-order valence-corrected chi connectivity index (χ4v) is 2.23. The van der Waals surface area contributed by atoms with Gasteiger partial charge in [-0.2, -0.15) is 5.26 Å². The molecule has 1 amide bonds. The Morgan fingerprint density at radius 1 is 1.44 bits per heavy atom. The van der Waals surface area contributed by atoms with E-state index >= 15 is 0 Å². The third-order valence-electron chi connectivity index (χ3n) is 3.04. The van der Waals surface area contributed by atoms with Crippen LogP contribution in [0.1, 0.15) is 32.1 Å². The minimum Gasteiger partial charge on any atom is -0.339 e. The standard InChI is InChI=1S/C12H21N3O/c1-15(2)9-12(16)14-11(8-13)10-6-4-3-5-7-10/h10-11H,3-7,9H2,1-2H3,(H,14,16)/t11-/m1/s1. The number of hydrogen-bond acceptors (Lipinski definition) is 3. The topological polar surface area (TPSA) is 56.1 Å². The quantitative estimate of drug-likeness (QED) is 0.777. The Balaban J connectivity index is 2.42. The summed E-state index contributed by atoms with van der Waals surface area (Å²) in [5.41, 5.74) is 0. The molecule has 0 aromatic heterocycles. The van der Waals surface area contributed by atoms with Gasteiger partial charge in [0.05, 0.1) is 12.6 Å². The molecule has 0 saturated heterocycles. The molecule has 0 aromatic rings. The molecule has 0 unspecified atom stereocenters. The highest BCUT2D eigenvalue weighted by atomic mass is 16.2. The van der Waals surface area contributed by atoms with E-state index in [0.717, 1.165) is 12.8 Å². The molecule has 4 heteroatoms. The van der Waals surface area contributed by atoms with Gasteiger partial charge in [0.1, 0.15) is 6.04 Å². The minimum atomic E-state index is -0.298. The lowest BCUT2D eigenvalue weighted by Crippen LogP contribution is -2.43. The van der Waals surface area contributed by atoms with Crippen molar-refractivity contribution in [2.75, 3.05) is 20.6 Å². The predicted octanol–water partition coefficient (Wildman–Crippen LogP) is 1.14. The maximum absolute atomic E-state index is 11.6. The average Bonchev–Trinajstić information content (AvgIpc) is 2.26. The van der Waals surface area contributed by atoms with Crippen LogP contribution in [0.2, 0.25) is 0 Å². The van der Waals surface area contributed by atoms with Gasteiger partial charge >= 0.3 is 0 Å². The Kier molecular flexibility index (Phi) is 5.27. The van der Waals surface area contributed by atoms with Crippen LogP contribution >= 0.6 is 0 Å². The van der Waals surface area contributed by atoms with E-state index < -0.39 is 0 Å². The highest BCUT2D eigenvalue weighted by Gasteiger charge is 2.24. The Hall–Kier alpha value is -1.08. The first-order chi connectivity index (χ1) is 7.63. The fourth-order valence-electron chi connectivity index (χ4n) is 2.23. The molecule has 16 heavy (non-hydrogen) atoms. The Labute approximate surface area is 97.6 Å². The normalized spacial score (nSPS) is 19.1. The SMILES string of the molecule is CN(C)CC(=O)N[C@H](C#N)C1CCCCC1. The van der Waals surface area contributed by atoms with Crippen molar-refractivity contribution in [2.24, 2.45) is 5.92 Å². The highest BCUT2D eigenvalue weighted by molar-refractivity contribution is 5.78. The zero-order valence-electron chi connectivity index (χ0n) is 10.2. The van der Waals surface area contributed by atoms with Crippen molar-refractivity contribution in [1.29, 1.82) is 5.26 Å². The Bertz CT molecular complexity index is 264. The van der Waals surface area contributed by atoms with Crippen molar-refractivity contribution >= 4 is 5.91 Å². The molecule has 0 aliphatic heterocycles. The lowest BCUT2D eigenvalue weighted by atomic mass is 9.84. The van der Waals surface area contributed by atoms with Crippen molar-refractivity contribution in [3.05, 3.63) is 0 Å². The molecule has 4 nitrogen and oxygen atoms in total. The summed E-state index contributed by atoms with van der Waals surface area (Å²) < 4.78 is 0. The molecule has 1 saturated carbocycles. The third-order valence-corrected chi connectivity index (χ3v) is 3.04. The first-order valence-electron chi connectivity index (χ1n) is 5.97. The van der Waals surface area contributed by atoms with Crippen molar-refractivity contribution < 1.29 is 4.79 Å². The second-order valence-corrected chi connectivity index (χ2v) is 4.81. The maximum atomic E-state index is 11.6. The number of carbonyl (C=O) groups excluding carboxylic acids is 1. The molecule has 0 heterocycles. The van der Waals surface area contributed by atoms with Crippen LogP contribution in [0.15, 0.2) is 0 Å². The summed E-state index contributed by atoms with van der Waals surface area (Å²) in [6.07, 6.45) is 5.78. The molecular formula is C12H21N3O. The van der Waals surface area contributed by atoms with E-state index in [4.69, 9.17) is 5.26 Å². The fraction of sp³-hybridized carbons (Fsp3) is 0.833. The number of likely N-dealkylation sites (N-methyl/N-ethyl adjacent to an activating group) is 1. The van der Waals surface area contributed by atoms with Crippen LogP contribution in [0.3, 0.4) is 0 Å². The van der Waals surface area contributed by atoms with Gasteiger partial charge < -0.3 is 10.2 Å². The number of nitrogens with zero attached hydrogens (tertiary/aromatic N) is 2. The van der Waals surface area contributed by atoms with Crippen molar-refractivity contribution in [3.8, 4) is 6.07 Å². The lowest BCUT2D eigenvalue weighted by molar-refractivity contribution is -0.122. The molecule has 1 N–H and O–H groups in total. The molecule has 1 rings (SSSR count). The third kappa shape index (κ3) is 4.19. The van der Waals surface area contributed by atoms with Crippen molar-refractivity contribution in [3.63, 3.8) is 0 Å². The molecule has 1 aliphatic carbocycles. The van der Waals surface area contributed by atoms with E-state index in [1.165, 1.54) is 19.3 Å². The summed E-state index contributed by atoms with van der Waals surface area (Å²) in [5, 5.41) is 11.9. The van der Waals surface area contributed by atoms with Crippen LogP contribution in [-0.2, 0) is 4.79 Å². The molecule has 0 spiro atoms.